The van der Waals surface area contributed by atoms with Crippen molar-refractivity contribution in [3.05, 3.63) is 11.5 Å². The number of carbonyl (C=O) groups excluding carboxylic acids is 1. The van der Waals surface area contributed by atoms with E-state index in [0.29, 0.717) is 0 Å². The highest BCUT2D eigenvalue weighted by atomic mass is 19.4. The SMILES string of the molecule is CCOC(=O)/C(F)=C(\N)C(F)(F)F. The van der Waals surface area contributed by atoms with E-state index < -0.39 is 23.7 Å². The first-order chi connectivity index (χ1) is 5.80. The average molecular weight is 201 g/mol. The Balaban J connectivity index is 4.72. The zero-order valence-corrected chi connectivity index (χ0v) is 6.61. The molecule has 0 aromatic carbocycles. The minimum absolute atomic E-state index is 0.225. The summed E-state index contributed by atoms with van der Waals surface area (Å²) in [7, 11) is 0. The Morgan fingerprint density at radius 1 is 1.46 bits per heavy atom. The molecule has 13 heavy (non-hydrogen) atoms. The van der Waals surface area contributed by atoms with Crippen LogP contribution in [0.2, 0.25) is 0 Å². The number of nitrogens with two attached hydrogens (primary N) is 1. The van der Waals surface area contributed by atoms with E-state index in [-0.39, 0.29) is 6.61 Å². The molecule has 3 nitrogen and oxygen atoms in total. The third kappa shape index (κ3) is 3.30. The van der Waals surface area contributed by atoms with Gasteiger partial charge in [-0.15, -0.1) is 0 Å². The number of hydrogen-bond donors (Lipinski definition) is 1. The first-order valence-corrected chi connectivity index (χ1v) is 3.20. The van der Waals surface area contributed by atoms with E-state index in [1.807, 2.05) is 0 Å². The average Bonchev–Trinajstić information content (AvgIpc) is 2.00. The van der Waals surface area contributed by atoms with E-state index in [1.54, 1.807) is 0 Å². The summed E-state index contributed by atoms with van der Waals surface area (Å²) < 4.78 is 51.4. The summed E-state index contributed by atoms with van der Waals surface area (Å²) in [5, 5.41) is 0. The van der Waals surface area contributed by atoms with Gasteiger partial charge in [-0.3, -0.25) is 0 Å². The zero-order valence-electron chi connectivity index (χ0n) is 6.61. The second-order valence-corrected chi connectivity index (χ2v) is 1.95. The van der Waals surface area contributed by atoms with Crippen molar-refractivity contribution in [3.63, 3.8) is 0 Å². The highest BCUT2D eigenvalue weighted by Gasteiger charge is 2.37. The molecule has 76 valence electrons. The van der Waals surface area contributed by atoms with Gasteiger partial charge in [-0.1, -0.05) is 0 Å². The molecule has 0 aliphatic carbocycles. The molecule has 0 aromatic rings. The standard InChI is InChI=1S/C6H7F4NO2/c1-2-13-5(12)3(7)4(11)6(8,9)10/h2,11H2,1H3/b4-3+. The van der Waals surface area contributed by atoms with Gasteiger partial charge in [0, 0.05) is 0 Å². The van der Waals surface area contributed by atoms with Crippen LogP contribution in [-0.4, -0.2) is 18.8 Å². The van der Waals surface area contributed by atoms with Crippen LogP contribution in [0.5, 0.6) is 0 Å². The fraction of sp³-hybridized carbons (Fsp3) is 0.500. The Bertz CT molecular complexity index is 233. The van der Waals surface area contributed by atoms with Crippen molar-refractivity contribution in [1.82, 2.24) is 0 Å². The minimum Gasteiger partial charge on any atom is -0.461 e. The molecule has 0 saturated carbocycles. The maximum atomic E-state index is 12.4. The van der Waals surface area contributed by atoms with Gasteiger partial charge in [-0.05, 0) is 6.92 Å². The van der Waals surface area contributed by atoms with E-state index in [2.05, 4.69) is 10.5 Å². The predicted octanol–water partition coefficient (Wildman–Crippen LogP) is 1.25. The molecule has 0 amide bonds. The van der Waals surface area contributed by atoms with Crippen molar-refractivity contribution in [2.45, 2.75) is 13.1 Å². The smallest absolute Gasteiger partial charge is 0.433 e. The van der Waals surface area contributed by atoms with Crippen LogP contribution in [0.3, 0.4) is 0 Å². The molecule has 0 aliphatic rings. The fourth-order valence-corrected chi connectivity index (χ4v) is 0.429. The molecule has 0 rings (SSSR count). The highest BCUT2D eigenvalue weighted by molar-refractivity contribution is 5.86. The molecule has 7 heteroatoms. The third-order valence-corrected chi connectivity index (χ3v) is 0.997. The Morgan fingerprint density at radius 3 is 2.23 bits per heavy atom. The molecule has 0 fully saturated rings. The monoisotopic (exact) mass is 201 g/mol. The minimum atomic E-state index is -5.06. The molecule has 0 heterocycles. The maximum Gasteiger partial charge on any atom is 0.433 e. The molecule has 0 saturated heterocycles. The molecule has 0 unspecified atom stereocenters. The van der Waals surface area contributed by atoms with Crippen LogP contribution in [0.4, 0.5) is 17.6 Å². The largest absolute Gasteiger partial charge is 0.461 e. The second-order valence-electron chi connectivity index (χ2n) is 1.95. The number of halogens is 4. The summed E-state index contributed by atoms with van der Waals surface area (Å²) in [5.74, 6) is -3.83. The van der Waals surface area contributed by atoms with Gasteiger partial charge >= 0.3 is 12.1 Å². The second kappa shape index (κ2) is 4.11. The molecule has 0 spiro atoms. The molecule has 0 aliphatic heterocycles. The molecule has 0 aromatic heterocycles. The van der Waals surface area contributed by atoms with Gasteiger partial charge in [-0.2, -0.15) is 17.6 Å². The number of alkyl halides is 3. The zero-order chi connectivity index (χ0) is 10.6. The molecule has 0 radical (unpaired) electrons. The van der Waals surface area contributed by atoms with Gasteiger partial charge in [0.15, 0.2) is 5.70 Å². The maximum absolute atomic E-state index is 12.4. The van der Waals surface area contributed by atoms with Crippen molar-refractivity contribution >= 4 is 5.97 Å². The van der Waals surface area contributed by atoms with Crippen LogP contribution in [0.15, 0.2) is 11.5 Å². The van der Waals surface area contributed by atoms with Gasteiger partial charge < -0.3 is 10.5 Å². The summed E-state index contributed by atoms with van der Waals surface area (Å²) in [6.45, 7) is 1.10. The van der Waals surface area contributed by atoms with Gasteiger partial charge in [0.05, 0.1) is 6.61 Å². The number of hydrogen-bond acceptors (Lipinski definition) is 3. The van der Waals surface area contributed by atoms with Crippen molar-refractivity contribution in [1.29, 1.82) is 0 Å². The summed E-state index contributed by atoms with van der Waals surface area (Å²) in [6, 6.07) is 0. The van der Waals surface area contributed by atoms with Gasteiger partial charge in [0.1, 0.15) is 0 Å². The number of ether oxygens (including phenoxy) is 1. The van der Waals surface area contributed by atoms with Crippen LogP contribution in [0.25, 0.3) is 0 Å². The van der Waals surface area contributed by atoms with E-state index in [9.17, 15) is 22.4 Å². The Morgan fingerprint density at radius 2 is 1.92 bits per heavy atom. The summed E-state index contributed by atoms with van der Waals surface area (Å²) in [5.41, 5.74) is 2.23. The Kier molecular flexibility index (Phi) is 3.70. The van der Waals surface area contributed by atoms with Crippen LogP contribution in [-0.2, 0) is 9.53 Å². The molecule has 0 atom stereocenters. The molecular weight excluding hydrogens is 194 g/mol. The topological polar surface area (TPSA) is 52.3 Å². The molecular formula is C6H7F4NO2. The van der Waals surface area contributed by atoms with Crippen LogP contribution in [0.1, 0.15) is 6.92 Å². The predicted molar refractivity (Wildman–Crippen MR) is 35.0 cm³/mol. The number of rotatable bonds is 2. The summed E-state index contributed by atoms with van der Waals surface area (Å²) in [4.78, 5) is 10.4. The van der Waals surface area contributed by atoms with Crippen molar-refractivity contribution in [3.8, 4) is 0 Å². The lowest BCUT2D eigenvalue weighted by Gasteiger charge is -2.07. The van der Waals surface area contributed by atoms with E-state index in [4.69, 9.17) is 0 Å². The fourth-order valence-electron chi connectivity index (χ4n) is 0.429. The number of esters is 1. The van der Waals surface area contributed by atoms with Crippen LogP contribution >= 0.6 is 0 Å². The number of carbonyl (C=O) groups is 1. The van der Waals surface area contributed by atoms with Gasteiger partial charge in [-0.25, -0.2) is 4.79 Å². The van der Waals surface area contributed by atoms with Crippen molar-refractivity contribution in [2.75, 3.05) is 6.61 Å². The van der Waals surface area contributed by atoms with Crippen molar-refractivity contribution < 1.29 is 27.1 Å². The Labute approximate surface area is 71.2 Å². The normalized spacial score (nSPS) is 13.6. The highest BCUT2D eigenvalue weighted by Crippen LogP contribution is 2.24. The Hall–Kier alpha value is -1.27. The lowest BCUT2D eigenvalue weighted by molar-refractivity contribution is -0.142. The van der Waals surface area contributed by atoms with Gasteiger partial charge in [0.2, 0.25) is 5.83 Å². The van der Waals surface area contributed by atoms with Crippen LogP contribution < -0.4 is 5.73 Å². The van der Waals surface area contributed by atoms with Crippen LogP contribution in [0, 0.1) is 0 Å². The molecule has 2 N–H and O–H groups in total. The van der Waals surface area contributed by atoms with Crippen molar-refractivity contribution in [2.24, 2.45) is 5.73 Å². The number of allylic oxidation sites excluding steroid dienone is 1. The van der Waals surface area contributed by atoms with Gasteiger partial charge in [0.25, 0.3) is 0 Å². The molecule has 0 bridgehead atoms. The summed E-state index contributed by atoms with van der Waals surface area (Å²) in [6.07, 6.45) is -5.06. The first-order valence-electron chi connectivity index (χ1n) is 3.20. The lowest BCUT2D eigenvalue weighted by atomic mass is 10.4. The first kappa shape index (κ1) is 11.7. The lowest BCUT2D eigenvalue weighted by Crippen LogP contribution is -2.24. The third-order valence-electron chi connectivity index (χ3n) is 0.997. The van der Waals surface area contributed by atoms with E-state index >= 15 is 0 Å². The van der Waals surface area contributed by atoms with E-state index in [1.165, 1.54) is 6.92 Å². The van der Waals surface area contributed by atoms with E-state index in [0.717, 1.165) is 0 Å². The summed E-state index contributed by atoms with van der Waals surface area (Å²) >= 11 is 0. The quantitative estimate of drug-likeness (QED) is 0.415.